The first-order chi connectivity index (χ1) is 36.6. The summed E-state index contributed by atoms with van der Waals surface area (Å²) in [4.78, 5) is 14.7. The number of aromatic nitrogens is 5. The van der Waals surface area contributed by atoms with Gasteiger partial charge in [0.1, 0.15) is 11.2 Å². The van der Waals surface area contributed by atoms with Gasteiger partial charge < -0.3 is 4.42 Å². The number of hydrogen-bond acceptors (Lipinski definition) is 4. The van der Waals surface area contributed by atoms with E-state index in [0.717, 1.165) is 19.9 Å². The number of hydrogen-bond donors (Lipinski definition) is 0. The molecule has 8 aromatic carbocycles. The molecule has 0 bridgehead atoms. The topological polar surface area (TPSA) is 61.7 Å². The molecule has 0 spiro atoms. The molecule has 0 radical (unpaired) electrons. The first kappa shape index (κ1) is 17.8. The molecule has 4 heterocycles. The van der Waals surface area contributed by atoms with E-state index in [1.165, 1.54) is 0 Å². The Morgan fingerprint density at radius 1 is 0.404 bits per heavy atom. The lowest BCUT2D eigenvalue weighted by atomic mass is 9.97. The van der Waals surface area contributed by atoms with E-state index in [0.29, 0.717) is 22.3 Å². The second-order valence-electron chi connectivity index (χ2n) is 12.9. The molecule has 0 unspecified atom stereocenters. The van der Waals surface area contributed by atoms with Crippen molar-refractivity contribution < 1.29 is 31.8 Å². The Labute approximate surface area is 354 Å². The van der Waals surface area contributed by atoms with E-state index in [2.05, 4.69) is 0 Å². The van der Waals surface area contributed by atoms with E-state index in [9.17, 15) is 9.60 Å². The average Bonchev–Trinajstić information content (AvgIpc) is 4.27. The molecule has 12 aromatic rings. The maximum atomic E-state index is 9.93. The average molecular weight is 750 g/mol. The fourth-order valence-electron chi connectivity index (χ4n) is 7.38. The monoisotopic (exact) mass is 749 g/mol. The Kier molecular flexibility index (Phi) is 3.85. The van der Waals surface area contributed by atoms with Crippen molar-refractivity contribution in [3.05, 3.63) is 188 Å². The fourth-order valence-corrected chi connectivity index (χ4v) is 7.38. The number of fused-ring (bicyclic) bond motifs is 9. The third kappa shape index (κ3) is 4.81. The van der Waals surface area contributed by atoms with Crippen LogP contribution in [-0.2, 0) is 0 Å². The van der Waals surface area contributed by atoms with Crippen molar-refractivity contribution >= 4 is 65.6 Å². The van der Waals surface area contributed by atoms with Gasteiger partial charge in [-0.2, -0.15) is 15.0 Å². The van der Waals surface area contributed by atoms with Crippen molar-refractivity contribution in [3.63, 3.8) is 0 Å². The molecule has 6 heteroatoms. The SMILES string of the molecule is [2H]c1c([2H])c([2H])c(-c2c([2H])c([2H])c3c4c([2H])c([2H])c([2H])c([2H])c4n(-c4nc(-c5ccccc5-c5cccc6c5oc5ccccc56)nc(-n5c6c([2H])c([2H])c([2H])c([2H])c6c6c([2H])c([2H])c([2H])c([2H])c65)n4)c3c2[2H])c([2H])c1[2H]. The van der Waals surface area contributed by atoms with E-state index in [4.69, 9.17) is 37.2 Å². The quantitative estimate of drug-likeness (QED) is 0.176. The first-order valence-electron chi connectivity index (χ1n) is 27.5. The maximum Gasteiger partial charge on any atom is 0.240 e. The van der Waals surface area contributed by atoms with Gasteiger partial charge in [-0.05, 0) is 46.9 Å². The predicted octanol–water partition coefficient (Wildman–Crippen LogP) is 13.0. The van der Waals surface area contributed by atoms with Crippen molar-refractivity contribution in [3.8, 4) is 45.5 Å². The summed E-state index contributed by atoms with van der Waals surface area (Å²) in [5.41, 5.74) is -0.824. The second kappa shape index (κ2) is 12.3. The second-order valence-corrected chi connectivity index (χ2v) is 12.9. The minimum Gasteiger partial charge on any atom is -0.455 e. The van der Waals surface area contributed by atoms with Crippen molar-refractivity contribution in [1.29, 1.82) is 0 Å². The van der Waals surface area contributed by atoms with Crippen molar-refractivity contribution in [2.45, 2.75) is 0 Å². The molecule has 57 heavy (non-hydrogen) atoms. The summed E-state index contributed by atoms with van der Waals surface area (Å²) in [6.45, 7) is 0. The minimum atomic E-state index is -0.829. The summed E-state index contributed by atoms with van der Waals surface area (Å²) in [7, 11) is 0. The van der Waals surface area contributed by atoms with Gasteiger partial charge in [-0.15, -0.1) is 0 Å². The zero-order valence-corrected chi connectivity index (χ0v) is 29.0. The molecule has 0 fully saturated rings. The summed E-state index contributed by atoms with van der Waals surface area (Å²) in [5.74, 6) is -1.45. The van der Waals surface area contributed by atoms with E-state index in [-0.39, 0.29) is 22.2 Å². The lowest BCUT2D eigenvalue weighted by molar-refractivity contribution is 0.670. The molecule has 0 saturated heterocycles. The van der Waals surface area contributed by atoms with Crippen LogP contribution in [0.2, 0.25) is 0 Å². The van der Waals surface area contributed by atoms with Crippen LogP contribution in [0.1, 0.15) is 27.4 Å². The highest BCUT2D eigenvalue weighted by atomic mass is 16.3. The largest absolute Gasteiger partial charge is 0.455 e. The van der Waals surface area contributed by atoms with Gasteiger partial charge in [0.05, 0.1) is 49.5 Å². The Bertz CT molecular complexity index is 4610. The number of para-hydroxylation sites is 5. The number of furan rings is 1. The van der Waals surface area contributed by atoms with Crippen LogP contribution in [0.25, 0.3) is 111 Å². The van der Waals surface area contributed by atoms with Crippen LogP contribution in [0.15, 0.2) is 192 Å². The summed E-state index contributed by atoms with van der Waals surface area (Å²) in [6, 6.07) is 4.36. The van der Waals surface area contributed by atoms with E-state index in [1.807, 2.05) is 30.3 Å². The minimum absolute atomic E-state index is 0.220. The summed E-state index contributed by atoms with van der Waals surface area (Å²) in [6.07, 6.45) is 0. The highest BCUT2D eigenvalue weighted by Gasteiger charge is 2.23. The predicted molar refractivity (Wildman–Crippen MR) is 232 cm³/mol. The molecule has 0 atom stereocenters. The van der Waals surface area contributed by atoms with Crippen molar-refractivity contribution in [2.24, 2.45) is 0 Å². The van der Waals surface area contributed by atoms with Gasteiger partial charge in [0.25, 0.3) is 0 Å². The van der Waals surface area contributed by atoms with Crippen LogP contribution in [0.5, 0.6) is 0 Å². The van der Waals surface area contributed by atoms with Crippen LogP contribution in [0.3, 0.4) is 0 Å². The third-order valence-corrected chi connectivity index (χ3v) is 9.81. The third-order valence-electron chi connectivity index (χ3n) is 9.81. The molecule has 0 aliphatic carbocycles. The highest BCUT2D eigenvalue weighted by Crippen LogP contribution is 2.41. The Morgan fingerprint density at radius 2 is 0.947 bits per heavy atom. The van der Waals surface area contributed by atoms with Crippen LogP contribution >= 0.6 is 0 Å². The molecule has 0 aliphatic rings. The van der Waals surface area contributed by atoms with Gasteiger partial charge in [-0.1, -0.05) is 157 Å². The summed E-state index contributed by atoms with van der Waals surface area (Å²) >= 11 is 0. The molecule has 12 rings (SSSR count). The molecule has 6 nitrogen and oxygen atoms in total. The van der Waals surface area contributed by atoms with E-state index < -0.39 is 177 Å². The van der Waals surface area contributed by atoms with Gasteiger partial charge in [-0.3, -0.25) is 9.13 Å². The standard InChI is InChI=1S/C51H31N5O/c1-2-15-32(16-3-1)33-29-30-38-37-20-8-12-27-45(37)56(46(38)31-33)51-53-49(52-50(54-51)55-43-25-10-6-18-35(43)36-19-7-11-26-44(36)55)42-22-5-4-17-34(42)40-23-14-24-41-39-21-9-13-28-47(39)57-48(40)41/h1-31H/i1D,2D,3D,6D,7D,8D,10D,11D,12D,15D,16D,18D,19D,20D,25D,26D,27D,29D,30D,31D. The van der Waals surface area contributed by atoms with E-state index >= 15 is 0 Å². The molecular weight excluding hydrogens is 699 g/mol. The zero-order valence-electron chi connectivity index (χ0n) is 49.0. The van der Waals surface area contributed by atoms with E-state index in [1.54, 1.807) is 36.4 Å². The number of nitrogens with zero attached hydrogens (tertiary/aromatic N) is 5. The van der Waals surface area contributed by atoms with Gasteiger partial charge in [0.15, 0.2) is 5.82 Å². The maximum absolute atomic E-state index is 9.93. The smallest absolute Gasteiger partial charge is 0.240 e. The van der Waals surface area contributed by atoms with Gasteiger partial charge in [0.2, 0.25) is 11.9 Å². The Balaban J connectivity index is 1.31. The lowest BCUT2D eigenvalue weighted by Gasteiger charge is -2.15. The lowest BCUT2D eigenvalue weighted by Crippen LogP contribution is -2.10. The molecule has 0 saturated carbocycles. The van der Waals surface area contributed by atoms with Gasteiger partial charge >= 0.3 is 0 Å². The summed E-state index contributed by atoms with van der Waals surface area (Å²) < 4.78 is 188. The normalized spacial score (nSPS) is 16.8. The van der Waals surface area contributed by atoms with Crippen LogP contribution in [0, 0.1) is 0 Å². The molecule has 0 N–H and O–H groups in total. The van der Waals surface area contributed by atoms with Crippen LogP contribution in [0.4, 0.5) is 0 Å². The molecule has 0 amide bonds. The van der Waals surface area contributed by atoms with Crippen molar-refractivity contribution in [2.75, 3.05) is 0 Å². The molecule has 266 valence electrons. The van der Waals surface area contributed by atoms with Crippen molar-refractivity contribution in [1.82, 2.24) is 24.1 Å². The molecular formula is C51H31N5O. The Hall–Kier alpha value is -7.83. The Morgan fingerprint density at radius 3 is 1.65 bits per heavy atom. The molecule has 4 aromatic heterocycles. The summed E-state index contributed by atoms with van der Waals surface area (Å²) in [5, 5.41) is 0.0772. The first-order valence-corrected chi connectivity index (χ1v) is 17.5. The van der Waals surface area contributed by atoms with Gasteiger partial charge in [-0.25, -0.2) is 0 Å². The number of benzene rings is 8. The highest BCUT2D eigenvalue weighted by molar-refractivity contribution is 6.12. The van der Waals surface area contributed by atoms with Gasteiger partial charge in [0, 0.05) is 43.4 Å². The van der Waals surface area contributed by atoms with Crippen LogP contribution in [-0.4, -0.2) is 24.1 Å². The fraction of sp³-hybridized carbons (Fsp3) is 0. The molecule has 0 aliphatic heterocycles. The number of rotatable bonds is 5. The zero-order chi connectivity index (χ0) is 54.9. The van der Waals surface area contributed by atoms with Crippen LogP contribution < -0.4 is 0 Å².